The number of amides is 2. The van der Waals surface area contributed by atoms with Crippen molar-refractivity contribution in [1.82, 2.24) is 20.0 Å². The first-order valence-electron chi connectivity index (χ1n) is 8.83. The van der Waals surface area contributed by atoms with E-state index in [2.05, 4.69) is 25.9 Å². The Labute approximate surface area is 171 Å². The number of carbonyl (C=O) groups is 1. The van der Waals surface area contributed by atoms with Gasteiger partial charge in [0.25, 0.3) is 0 Å². The summed E-state index contributed by atoms with van der Waals surface area (Å²) >= 11 is 1.46. The summed E-state index contributed by atoms with van der Waals surface area (Å²) in [7, 11) is 0. The number of aromatic nitrogens is 4. The molecule has 0 saturated heterocycles. The fourth-order valence-electron chi connectivity index (χ4n) is 2.69. The molecule has 0 aliphatic carbocycles. The average Bonchev–Trinajstić information content (AvgIpc) is 3.33. The van der Waals surface area contributed by atoms with Crippen molar-refractivity contribution in [2.24, 2.45) is 0 Å². The third-order valence-corrected chi connectivity index (χ3v) is 4.73. The smallest absolute Gasteiger partial charge is 0.324 e. The predicted molar refractivity (Wildman–Crippen MR) is 112 cm³/mol. The van der Waals surface area contributed by atoms with Crippen LogP contribution in [0, 0.1) is 13.8 Å². The van der Waals surface area contributed by atoms with Crippen molar-refractivity contribution in [1.29, 1.82) is 0 Å². The minimum atomic E-state index is -0.299. The zero-order chi connectivity index (χ0) is 20.2. The van der Waals surface area contributed by atoms with Crippen molar-refractivity contribution in [3.05, 3.63) is 71.4 Å². The van der Waals surface area contributed by atoms with Crippen LogP contribution in [0.5, 0.6) is 11.6 Å². The number of urea groups is 1. The van der Waals surface area contributed by atoms with Gasteiger partial charge in [-0.3, -0.25) is 5.32 Å². The molecule has 1 aromatic carbocycles. The van der Waals surface area contributed by atoms with Crippen LogP contribution in [0.2, 0.25) is 0 Å². The lowest BCUT2D eigenvalue weighted by Gasteiger charge is -2.08. The van der Waals surface area contributed by atoms with Gasteiger partial charge in [0.1, 0.15) is 5.75 Å². The molecule has 0 fully saturated rings. The second-order valence-corrected chi connectivity index (χ2v) is 7.20. The number of benzene rings is 1. The average molecular weight is 406 g/mol. The van der Waals surface area contributed by atoms with Crippen molar-refractivity contribution >= 4 is 28.1 Å². The van der Waals surface area contributed by atoms with Crippen molar-refractivity contribution in [3.63, 3.8) is 0 Å². The predicted octanol–water partition coefficient (Wildman–Crippen LogP) is 4.78. The zero-order valence-corrected chi connectivity index (χ0v) is 16.6. The number of rotatable bonds is 5. The summed E-state index contributed by atoms with van der Waals surface area (Å²) in [5, 5.41) is 20.9. The quantitative estimate of drug-likeness (QED) is 0.498. The molecule has 3 heterocycles. The number of ether oxygens (including phenoxy) is 1. The van der Waals surface area contributed by atoms with E-state index in [-0.39, 0.29) is 6.03 Å². The molecule has 0 spiro atoms. The van der Waals surface area contributed by atoms with Gasteiger partial charge in [0.15, 0.2) is 5.82 Å². The molecule has 146 valence electrons. The van der Waals surface area contributed by atoms with Crippen LogP contribution in [0.3, 0.4) is 0 Å². The van der Waals surface area contributed by atoms with E-state index in [0.29, 0.717) is 23.1 Å². The van der Waals surface area contributed by atoms with Crippen molar-refractivity contribution < 1.29 is 9.53 Å². The van der Waals surface area contributed by atoms with Gasteiger partial charge in [-0.1, -0.05) is 0 Å². The molecular weight excluding hydrogens is 388 g/mol. The number of hydrogen-bond donors (Lipinski definition) is 2. The fraction of sp³-hybridized carbons (Fsp3) is 0.100. The van der Waals surface area contributed by atoms with Gasteiger partial charge in [-0.15, -0.1) is 21.5 Å². The number of aryl methyl sites for hydroxylation is 2. The summed E-state index contributed by atoms with van der Waals surface area (Å²) in [6.45, 7) is 3.89. The van der Waals surface area contributed by atoms with E-state index >= 15 is 0 Å². The highest BCUT2D eigenvalue weighted by molar-refractivity contribution is 7.14. The molecule has 4 aromatic rings. The first-order chi connectivity index (χ1) is 14.1. The van der Waals surface area contributed by atoms with Gasteiger partial charge >= 0.3 is 6.03 Å². The molecule has 29 heavy (non-hydrogen) atoms. The van der Waals surface area contributed by atoms with E-state index < -0.39 is 0 Å². The van der Waals surface area contributed by atoms with Gasteiger partial charge in [0.05, 0.1) is 10.7 Å². The van der Waals surface area contributed by atoms with Crippen LogP contribution in [0.1, 0.15) is 11.4 Å². The fourth-order valence-corrected chi connectivity index (χ4v) is 3.30. The minimum Gasteiger partial charge on any atom is -0.438 e. The van der Waals surface area contributed by atoms with Crippen LogP contribution >= 0.6 is 11.3 Å². The van der Waals surface area contributed by atoms with Crippen molar-refractivity contribution in [2.75, 3.05) is 10.6 Å². The Morgan fingerprint density at radius 1 is 1.03 bits per heavy atom. The van der Waals surface area contributed by atoms with E-state index in [4.69, 9.17) is 4.74 Å². The number of thiophene rings is 1. The molecule has 0 saturated carbocycles. The zero-order valence-electron chi connectivity index (χ0n) is 15.8. The third-order valence-electron chi connectivity index (χ3n) is 3.95. The molecule has 0 aliphatic heterocycles. The normalized spacial score (nSPS) is 10.6. The van der Waals surface area contributed by atoms with Gasteiger partial charge in [-0.05, 0) is 67.8 Å². The van der Waals surface area contributed by atoms with Crippen LogP contribution in [-0.4, -0.2) is 26.0 Å². The largest absolute Gasteiger partial charge is 0.438 e. The number of carbonyl (C=O) groups excluding carboxylic acids is 1. The Morgan fingerprint density at radius 2 is 1.86 bits per heavy atom. The Kier molecular flexibility index (Phi) is 5.21. The molecule has 3 aromatic heterocycles. The summed E-state index contributed by atoms with van der Waals surface area (Å²) in [6, 6.07) is 15.9. The van der Waals surface area contributed by atoms with Gasteiger partial charge in [0, 0.05) is 17.4 Å². The molecular formula is C20H18N6O2S. The molecule has 0 aliphatic rings. The van der Waals surface area contributed by atoms with Gasteiger partial charge in [-0.2, -0.15) is 5.10 Å². The van der Waals surface area contributed by atoms with Crippen LogP contribution in [0.4, 0.5) is 15.5 Å². The standard InChI is InChI=1S/C20H18N6O2S/c1-13-12-14(2)26(25-13)17-9-10-18(24-23-17)28-16-7-5-15(6-8-16)21-20(27)22-19-4-3-11-29-19/h3-12H,1-2H3,(H2,21,22,27). The van der Waals surface area contributed by atoms with Crippen LogP contribution in [-0.2, 0) is 0 Å². The summed E-state index contributed by atoms with van der Waals surface area (Å²) in [5.41, 5.74) is 2.55. The first kappa shape index (κ1) is 18.6. The van der Waals surface area contributed by atoms with Crippen LogP contribution < -0.4 is 15.4 Å². The van der Waals surface area contributed by atoms with Gasteiger partial charge < -0.3 is 10.1 Å². The Morgan fingerprint density at radius 3 is 2.48 bits per heavy atom. The number of nitrogens with one attached hydrogen (secondary N) is 2. The molecule has 2 amide bonds. The van der Waals surface area contributed by atoms with Crippen molar-refractivity contribution in [3.8, 4) is 17.4 Å². The molecule has 0 unspecified atom stereocenters. The highest BCUT2D eigenvalue weighted by Crippen LogP contribution is 2.22. The maximum absolute atomic E-state index is 12.0. The highest BCUT2D eigenvalue weighted by atomic mass is 32.1. The molecule has 2 N–H and O–H groups in total. The molecule has 0 radical (unpaired) electrons. The maximum Gasteiger partial charge on any atom is 0.324 e. The summed E-state index contributed by atoms with van der Waals surface area (Å²) in [4.78, 5) is 12.0. The van der Waals surface area contributed by atoms with Gasteiger partial charge in [-0.25, -0.2) is 9.48 Å². The Balaban J connectivity index is 1.37. The third kappa shape index (κ3) is 4.58. The molecule has 4 rings (SSSR count). The molecule has 9 heteroatoms. The lowest BCUT2D eigenvalue weighted by molar-refractivity contribution is 0.262. The van der Waals surface area contributed by atoms with Crippen LogP contribution in [0.25, 0.3) is 5.82 Å². The van der Waals surface area contributed by atoms with Gasteiger partial charge in [0.2, 0.25) is 5.88 Å². The lowest BCUT2D eigenvalue weighted by Crippen LogP contribution is -2.18. The second kappa shape index (κ2) is 8.11. The van der Waals surface area contributed by atoms with E-state index in [0.717, 1.165) is 16.4 Å². The molecule has 0 bridgehead atoms. The topological polar surface area (TPSA) is 94.0 Å². The summed E-state index contributed by atoms with van der Waals surface area (Å²) in [5.74, 6) is 1.58. The maximum atomic E-state index is 12.0. The lowest BCUT2D eigenvalue weighted by atomic mass is 10.3. The number of nitrogens with zero attached hydrogens (tertiary/aromatic N) is 4. The summed E-state index contributed by atoms with van der Waals surface area (Å²) in [6.07, 6.45) is 0. The Bertz CT molecular complexity index is 1110. The van der Waals surface area contributed by atoms with E-state index in [9.17, 15) is 4.79 Å². The van der Waals surface area contributed by atoms with E-state index in [1.807, 2.05) is 37.4 Å². The SMILES string of the molecule is Cc1cc(C)n(-c2ccc(Oc3ccc(NC(=O)Nc4cccs4)cc3)nn2)n1. The van der Waals surface area contributed by atoms with Crippen molar-refractivity contribution in [2.45, 2.75) is 13.8 Å². The minimum absolute atomic E-state index is 0.299. The number of anilines is 2. The second-order valence-electron chi connectivity index (χ2n) is 6.25. The molecule has 0 atom stereocenters. The highest BCUT2D eigenvalue weighted by Gasteiger charge is 2.08. The monoisotopic (exact) mass is 406 g/mol. The number of hydrogen-bond acceptors (Lipinski definition) is 6. The molecule has 8 nitrogen and oxygen atoms in total. The first-order valence-corrected chi connectivity index (χ1v) is 9.71. The van der Waals surface area contributed by atoms with Crippen LogP contribution in [0.15, 0.2) is 60.0 Å². The summed E-state index contributed by atoms with van der Waals surface area (Å²) < 4.78 is 7.45. The van der Waals surface area contributed by atoms with E-state index in [1.165, 1.54) is 11.3 Å². The van der Waals surface area contributed by atoms with E-state index in [1.54, 1.807) is 41.1 Å². The Hall–Kier alpha value is -3.72.